The molecule has 1 atom stereocenters. The number of carbonyl (C=O) groups excluding carboxylic acids is 2. The number of nitrogen functional groups attached to an aromatic ring is 1. The average Bonchev–Trinajstić information content (AvgIpc) is 2.30. The Morgan fingerprint density at radius 2 is 2.00 bits per heavy atom. The Hall–Kier alpha value is -1.56. The number of benzene rings is 1. The van der Waals surface area contributed by atoms with Crippen LogP contribution < -0.4 is 5.73 Å². The van der Waals surface area contributed by atoms with Gasteiger partial charge < -0.3 is 15.4 Å². The van der Waals surface area contributed by atoms with E-state index < -0.39 is 12.1 Å². The number of ether oxygens (including phenoxy) is 1. The number of anilines is 1. The van der Waals surface area contributed by atoms with Crippen molar-refractivity contribution in [1.82, 2.24) is 4.90 Å². The van der Waals surface area contributed by atoms with Crippen molar-refractivity contribution in [2.24, 2.45) is 0 Å². The normalized spacial score (nSPS) is 11.8. The fourth-order valence-corrected chi connectivity index (χ4v) is 1.70. The lowest BCUT2D eigenvalue weighted by Gasteiger charge is -2.17. The number of likely N-dealkylation sites (N-methyl/N-ethyl adjacent to an activating group) is 1. The van der Waals surface area contributed by atoms with Gasteiger partial charge in [0.15, 0.2) is 6.10 Å². The fourth-order valence-electron chi connectivity index (χ4n) is 1.34. The summed E-state index contributed by atoms with van der Waals surface area (Å²) in [6.45, 7) is 1.52. The van der Waals surface area contributed by atoms with Crippen LogP contribution in [0.25, 0.3) is 0 Å². The van der Waals surface area contributed by atoms with Gasteiger partial charge in [0.1, 0.15) is 0 Å². The first-order valence-corrected chi connectivity index (χ1v) is 6.09. The van der Waals surface area contributed by atoms with Crippen LogP contribution in [0.2, 0.25) is 0 Å². The third-order valence-electron chi connectivity index (χ3n) is 2.31. The van der Waals surface area contributed by atoms with Crippen LogP contribution in [0.1, 0.15) is 17.3 Å². The third kappa shape index (κ3) is 3.46. The zero-order valence-electron chi connectivity index (χ0n) is 10.4. The monoisotopic (exact) mass is 314 g/mol. The van der Waals surface area contributed by atoms with E-state index in [9.17, 15) is 9.59 Å². The van der Waals surface area contributed by atoms with E-state index in [4.69, 9.17) is 10.5 Å². The molecule has 1 aromatic rings. The molecule has 0 saturated carbocycles. The predicted molar refractivity (Wildman–Crippen MR) is 72.1 cm³/mol. The summed E-state index contributed by atoms with van der Waals surface area (Å²) >= 11 is 3.24. The fraction of sp³-hybridized carbons (Fsp3) is 0.333. The molecule has 0 heterocycles. The molecule has 0 radical (unpaired) electrons. The van der Waals surface area contributed by atoms with E-state index in [0.29, 0.717) is 5.69 Å². The maximum absolute atomic E-state index is 11.9. The number of esters is 1. The van der Waals surface area contributed by atoms with Crippen LogP contribution in [-0.2, 0) is 9.53 Å². The van der Waals surface area contributed by atoms with Crippen LogP contribution in [0, 0.1) is 0 Å². The largest absolute Gasteiger partial charge is 0.449 e. The van der Waals surface area contributed by atoms with Crippen LogP contribution in [0.4, 0.5) is 5.69 Å². The topological polar surface area (TPSA) is 72.6 Å². The van der Waals surface area contributed by atoms with E-state index in [2.05, 4.69) is 15.9 Å². The number of halogens is 1. The smallest absolute Gasteiger partial charge is 0.341 e. The van der Waals surface area contributed by atoms with E-state index in [-0.39, 0.29) is 11.5 Å². The second-order valence-electron chi connectivity index (χ2n) is 4.01. The molecular weight excluding hydrogens is 300 g/mol. The van der Waals surface area contributed by atoms with Gasteiger partial charge in [-0.25, -0.2) is 4.79 Å². The van der Waals surface area contributed by atoms with Gasteiger partial charge in [-0.05, 0) is 25.1 Å². The maximum atomic E-state index is 11.9. The molecular formula is C12H15BrN2O3. The molecule has 0 aromatic heterocycles. The second kappa shape index (κ2) is 5.86. The van der Waals surface area contributed by atoms with Gasteiger partial charge in [0.2, 0.25) is 0 Å². The summed E-state index contributed by atoms with van der Waals surface area (Å²) in [6.07, 6.45) is -0.842. The number of amides is 1. The molecule has 2 N–H and O–H groups in total. The molecule has 0 unspecified atom stereocenters. The minimum atomic E-state index is -0.842. The molecule has 1 rings (SSSR count). The molecule has 0 fully saturated rings. The van der Waals surface area contributed by atoms with Crippen molar-refractivity contribution >= 4 is 33.5 Å². The van der Waals surface area contributed by atoms with E-state index in [0.717, 1.165) is 4.47 Å². The number of hydrogen-bond donors (Lipinski definition) is 1. The molecule has 98 valence electrons. The number of nitrogens with two attached hydrogens (primary N) is 1. The van der Waals surface area contributed by atoms with Crippen LogP contribution in [-0.4, -0.2) is 37.0 Å². The summed E-state index contributed by atoms with van der Waals surface area (Å²) in [5.41, 5.74) is 6.24. The highest BCUT2D eigenvalue weighted by Crippen LogP contribution is 2.19. The Labute approximate surface area is 114 Å². The van der Waals surface area contributed by atoms with Crippen molar-refractivity contribution in [3.8, 4) is 0 Å². The molecule has 18 heavy (non-hydrogen) atoms. The summed E-state index contributed by atoms with van der Waals surface area (Å²) in [4.78, 5) is 24.8. The summed E-state index contributed by atoms with van der Waals surface area (Å²) in [6, 6.07) is 4.88. The Morgan fingerprint density at radius 3 is 2.56 bits per heavy atom. The van der Waals surface area contributed by atoms with Crippen molar-refractivity contribution < 1.29 is 14.3 Å². The number of nitrogens with zero attached hydrogens (tertiary/aromatic N) is 1. The van der Waals surface area contributed by atoms with Gasteiger partial charge in [-0.1, -0.05) is 15.9 Å². The molecule has 0 spiro atoms. The minimum Gasteiger partial charge on any atom is -0.449 e. The zero-order valence-corrected chi connectivity index (χ0v) is 12.0. The highest BCUT2D eigenvalue weighted by molar-refractivity contribution is 9.10. The Kier molecular flexibility index (Phi) is 4.72. The molecule has 0 saturated heterocycles. The van der Waals surface area contributed by atoms with Crippen molar-refractivity contribution in [2.45, 2.75) is 13.0 Å². The standard InChI is InChI=1S/C12H15BrN2O3/c1-7(11(16)15(2)3)18-12(17)9-6-8(13)4-5-10(9)14/h4-7H,14H2,1-3H3/t7-/m0/s1. The number of rotatable bonds is 3. The molecule has 0 aliphatic heterocycles. The number of hydrogen-bond acceptors (Lipinski definition) is 4. The zero-order chi connectivity index (χ0) is 13.9. The SMILES string of the molecule is C[C@H](OC(=O)c1cc(Br)ccc1N)C(=O)N(C)C. The van der Waals surface area contributed by atoms with Gasteiger partial charge in [-0.2, -0.15) is 0 Å². The van der Waals surface area contributed by atoms with Crippen LogP contribution in [0.5, 0.6) is 0 Å². The van der Waals surface area contributed by atoms with Crippen molar-refractivity contribution in [1.29, 1.82) is 0 Å². The molecule has 0 aliphatic carbocycles. The van der Waals surface area contributed by atoms with Crippen LogP contribution >= 0.6 is 15.9 Å². The van der Waals surface area contributed by atoms with E-state index in [1.165, 1.54) is 11.8 Å². The lowest BCUT2D eigenvalue weighted by atomic mass is 10.2. The van der Waals surface area contributed by atoms with E-state index >= 15 is 0 Å². The van der Waals surface area contributed by atoms with Crippen LogP contribution in [0.3, 0.4) is 0 Å². The highest BCUT2D eigenvalue weighted by atomic mass is 79.9. The van der Waals surface area contributed by atoms with Crippen molar-refractivity contribution in [3.63, 3.8) is 0 Å². The first-order chi connectivity index (χ1) is 8.32. The molecule has 0 bridgehead atoms. The Bertz CT molecular complexity index is 474. The summed E-state index contributed by atoms with van der Waals surface area (Å²) in [5.74, 6) is -0.895. The van der Waals surface area contributed by atoms with Gasteiger partial charge in [0.05, 0.1) is 5.56 Å². The molecule has 5 nitrogen and oxygen atoms in total. The predicted octanol–water partition coefficient (Wildman–Crippen LogP) is 1.66. The van der Waals surface area contributed by atoms with Gasteiger partial charge >= 0.3 is 5.97 Å². The van der Waals surface area contributed by atoms with E-state index in [1.807, 2.05) is 0 Å². The summed E-state index contributed by atoms with van der Waals surface area (Å²) in [7, 11) is 3.19. The second-order valence-corrected chi connectivity index (χ2v) is 4.93. The van der Waals surface area contributed by atoms with Crippen molar-refractivity contribution in [3.05, 3.63) is 28.2 Å². The summed E-state index contributed by atoms with van der Waals surface area (Å²) < 4.78 is 5.78. The van der Waals surface area contributed by atoms with Crippen molar-refractivity contribution in [2.75, 3.05) is 19.8 Å². The Balaban J connectivity index is 2.83. The van der Waals surface area contributed by atoms with Gasteiger partial charge in [-0.15, -0.1) is 0 Å². The van der Waals surface area contributed by atoms with Gasteiger partial charge in [-0.3, -0.25) is 4.79 Å². The lowest BCUT2D eigenvalue weighted by Crippen LogP contribution is -2.35. The average molecular weight is 315 g/mol. The van der Waals surface area contributed by atoms with E-state index in [1.54, 1.807) is 32.3 Å². The third-order valence-corrected chi connectivity index (χ3v) is 2.80. The maximum Gasteiger partial charge on any atom is 0.341 e. The first-order valence-electron chi connectivity index (χ1n) is 5.30. The van der Waals surface area contributed by atoms with Gasteiger partial charge in [0.25, 0.3) is 5.91 Å². The quantitative estimate of drug-likeness (QED) is 0.680. The molecule has 1 aromatic carbocycles. The lowest BCUT2D eigenvalue weighted by molar-refractivity contribution is -0.137. The summed E-state index contributed by atoms with van der Waals surface area (Å²) in [5, 5.41) is 0. The van der Waals surface area contributed by atoms with Crippen LogP contribution in [0.15, 0.2) is 22.7 Å². The Morgan fingerprint density at radius 1 is 1.39 bits per heavy atom. The van der Waals surface area contributed by atoms with Gasteiger partial charge in [0, 0.05) is 24.3 Å². The molecule has 0 aliphatic rings. The minimum absolute atomic E-state index is 0.239. The first kappa shape index (κ1) is 14.5. The number of carbonyl (C=O) groups is 2. The highest BCUT2D eigenvalue weighted by Gasteiger charge is 2.21. The molecule has 1 amide bonds. The molecule has 6 heteroatoms.